The van der Waals surface area contributed by atoms with Gasteiger partial charge in [-0.1, -0.05) is 18.2 Å². The molecule has 0 bridgehead atoms. The van der Waals surface area contributed by atoms with Crippen molar-refractivity contribution < 1.29 is 9.13 Å². The van der Waals surface area contributed by atoms with Crippen LogP contribution in [0.3, 0.4) is 0 Å². The molecule has 0 aliphatic rings. The van der Waals surface area contributed by atoms with Crippen LogP contribution in [0.5, 0.6) is 11.5 Å². The summed E-state index contributed by atoms with van der Waals surface area (Å²) in [7, 11) is 0. The summed E-state index contributed by atoms with van der Waals surface area (Å²) < 4.78 is 19.8. The van der Waals surface area contributed by atoms with Gasteiger partial charge in [-0.15, -0.1) is 0 Å². The van der Waals surface area contributed by atoms with Crippen LogP contribution in [0.15, 0.2) is 48.5 Å². The number of rotatable bonds is 3. The molecule has 0 saturated heterocycles. The Bertz CT molecular complexity index is 852. The quantitative estimate of drug-likeness (QED) is 0.774. The normalized spacial score (nSPS) is 10.2. The Kier molecular flexibility index (Phi) is 3.46. The molecule has 0 atom stereocenters. The molecule has 22 heavy (non-hydrogen) atoms. The molecular weight excluding hydrogens is 283 g/mol. The summed E-state index contributed by atoms with van der Waals surface area (Å²) in [4.78, 5) is 0. The third-order valence-electron chi connectivity index (χ3n) is 3.09. The van der Waals surface area contributed by atoms with Crippen LogP contribution in [-0.2, 0) is 0 Å². The van der Waals surface area contributed by atoms with Crippen LogP contribution in [0.1, 0.15) is 5.56 Å². The minimum absolute atomic E-state index is 0.0431. The monoisotopic (exact) mass is 294 g/mol. The van der Waals surface area contributed by atoms with Gasteiger partial charge in [-0.25, -0.2) is 4.39 Å². The number of aromatic amines is 1. The predicted molar refractivity (Wildman–Crippen MR) is 79.6 cm³/mol. The fraction of sp³-hybridized carbons (Fsp3) is 0. The van der Waals surface area contributed by atoms with Gasteiger partial charge in [-0.3, -0.25) is 5.10 Å². The minimum Gasteiger partial charge on any atom is -0.457 e. The van der Waals surface area contributed by atoms with Crippen LogP contribution in [0.25, 0.3) is 11.3 Å². The van der Waals surface area contributed by atoms with Crippen LogP contribution in [-0.4, -0.2) is 10.2 Å². The summed E-state index contributed by atoms with van der Waals surface area (Å²) in [6.45, 7) is 0. The topological polar surface area (TPSA) is 87.7 Å². The van der Waals surface area contributed by atoms with Crippen LogP contribution >= 0.6 is 0 Å². The molecule has 0 aliphatic heterocycles. The van der Waals surface area contributed by atoms with Crippen molar-refractivity contribution in [3.63, 3.8) is 0 Å². The largest absolute Gasteiger partial charge is 0.457 e. The molecule has 0 spiro atoms. The first-order chi connectivity index (χ1) is 10.7. The first-order valence-corrected chi connectivity index (χ1v) is 6.46. The number of para-hydroxylation sites is 1. The zero-order valence-corrected chi connectivity index (χ0v) is 11.4. The number of nitrogens with two attached hydrogens (primary N) is 1. The Labute approximate surface area is 125 Å². The van der Waals surface area contributed by atoms with Crippen molar-refractivity contribution in [2.45, 2.75) is 0 Å². The zero-order valence-electron chi connectivity index (χ0n) is 11.4. The van der Waals surface area contributed by atoms with Crippen LogP contribution in [0.2, 0.25) is 0 Å². The number of ether oxygens (including phenoxy) is 1. The number of nitrogen functional groups attached to an aromatic ring is 1. The molecule has 0 aliphatic carbocycles. The number of nitrogens with one attached hydrogen (secondary N) is 1. The van der Waals surface area contributed by atoms with Crippen molar-refractivity contribution in [3.05, 3.63) is 59.9 Å². The Morgan fingerprint density at radius 1 is 1.14 bits per heavy atom. The first-order valence-electron chi connectivity index (χ1n) is 6.46. The molecule has 1 aromatic heterocycles. The maximum atomic E-state index is 14.3. The van der Waals surface area contributed by atoms with Crippen molar-refractivity contribution in [1.82, 2.24) is 10.2 Å². The van der Waals surface area contributed by atoms with Crippen molar-refractivity contribution in [1.29, 1.82) is 5.26 Å². The van der Waals surface area contributed by atoms with Gasteiger partial charge in [0.2, 0.25) is 0 Å². The molecule has 1 heterocycles. The molecule has 0 radical (unpaired) electrons. The van der Waals surface area contributed by atoms with Gasteiger partial charge in [-0.05, 0) is 24.3 Å². The van der Waals surface area contributed by atoms with E-state index < -0.39 is 5.82 Å². The molecule has 0 unspecified atom stereocenters. The summed E-state index contributed by atoms with van der Waals surface area (Å²) in [5, 5.41) is 15.4. The van der Waals surface area contributed by atoms with Crippen molar-refractivity contribution >= 4 is 5.82 Å². The van der Waals surface area contributed by atoms with Crippen LogP contribution in [0.4, 0.5) is 10.2 Å². The number of anilines is 1. The molecule has 0 saturated carbocycles. The number of aromatic nitrogens is 2. The molecular formula is C16H11FN4O. The number of nitriles is 1. The second-order valence-electron chi connectivity index (χ2n) is 4.53. The van der Waals surface area contributed by atoms with Crippen molar-refractivity contribution in [3.8, 4) is 28.8 Å². The lowest BCUT2D eigenvalue weighted by molar-refractivity contribution is 0.477. The number of benzene rings is 2. The fourth-order valence-electron chi connectivity index (χ4n) is 2.05. The van der Waals surface area contributed by atoms with Gasteiger partial charge in [0.25, 0.3) is 0 Å². The molecule has 0 amide bonds. The van der Waals surface area contributed by atoms with E-state index in [9.17, 15) is 4.39 Å². The third kappa shape index (κ3) is 2.47. The van der Waals surface area contributed by atoms with Gasteiger partial charge in [0, 0.05) is 11.6 Å². The zero-order chi connectivity index (χ0) is 15.5. The molecule has 108 valence electrons. The lowest BCUT2D eigenvalue weighted by atomic mass is 10.1. The molecule has 3 aromatic rings. The van der Waals surface area contributed by atoms with E-state index in [4.69, 9.17) is 15.7 Å². The summed E-state index contributed by atoms with van der Waals surface area (Å²) in [6.07, 6.45) is 0. The smallest absolute Gasteiger partial charge is 0.163 e. The SMILES string of the molecule is N#Cc1c(N)n[nH]c1-c1ccc(Oc2ccccc2)cc1F. The highest BCUT2D eigenvalue weighted by atomic mass is 19.1. The Hall–Kier alpha value is -3.33. The second kappa shape index (κ2) is 5.58. The van der Waals surface area contributed by atoms with Crippen molar-refractivity contribution in [2.75, 3.05) is 5.73 Å². The van der Waals surface area contributed by atoms with E-state index >= 15 is 0 Å². The highest BCUT2D eigenvalue weighted by Gasteiger charge is 2.16. The third-order valence-corrected chi connectivity index (χ3v) is 3.09. The Morgan fingerprint density at radius 3 is 2.59 bits per heavy atom. The fourth-order valence-corrected chi connectivity index (χ4v) is 2.05. The van der Waals surface area contributed by atoms with Gasteiger partial charge in [0.1, 0.15) is 28.9 Å². The van der Waals surface area contributed by atoms with Crippen LogP contribution in [0, 0.1) is 17.1 Å². The second-order valence-corrected chi connectivity index (χ2v) is 4.53. The molecule has 6 heteroatoms. The molecule has 3 rings (SSSR count). The van der Waals surface area contributed by atoms with E-state index in [-0.39, 0.29) is 22.6 Å². The minimum atomic E-state index is -0.534. The lowest BCUT2D eigenvalue weighted by Gasteiger charge is -2.07. The molecule has 3 N–H and O–H groups in total. The van der Waals surface area contributed by atoms with E-state index in [1.54, 1.807) is 18.2 Å². The van der Waals surface area contributed by atoms with Crippen LogP contribution < -0.4 is 10.5 Å². The van der Waals surface area contributed by atoms with E-state index in [1.807, 2.05) is 24.3 Å². The van der Waals surface area contributed by atoms with Gasteiger partial charge in [0.05, 0.1) is 5.69 Å². The van der Waals surface area contributed by atoms with E-state index in [2.05, 4.69) is 10.2 Å². The maximum absolute atomic E-state index is 14.3. The van der Waals surface area contributed by atoms with E-state index in [0.717, 1.165) is 0 Å². The number of nitrogens with zero attached hydrogens (tertiary/aromatic N) is 2. The van der Waals surface area contributed by atoms with E-state index in [0.29, 0.717) is 11.5 Å². The number of halogens is 1. The highest BCUT2D eigenvalue weighted by Crippen LogP contribution is 2.30. The van der Waals surface area contributed by atoms with Gasteiger partial charge in [-0.2, -0.15) is 10.4 Å². The Morgan fingerprint density at radius 2 is 1.91 bits per heavy atom. The number of hydrogen-bond acceptors (Lipinski definition) is 4. The maximum Gasteiger partial charge on any atom is 0.163 e. The number of H-pyrrole nitrogens is 1. The summed E-state index contributed by atoms with van der Waals surface area (Å²) >= 11 is 0. The van der Waals surface area contributed by atoms with Gasteiger partial charge < -0.3 is 10.5 Å². The van der Waals surface area contributed by atoms with Crippen molar-refractivity contribution in [2.24, 2.45) is 0 Å². The first kappa shape index (κ1) is 13.6. The Balaban J connectivity index is 1.94. The average molecular weight is 294 g/mol. The molecule has 0 fully saturated rings. The average Bonchev–Trinajstić information content (AvgIpc) is 2.89. The molecule has 2 aromatic carbocycles. The van der Waals surface area contributed by atoms with E-state index in [1.165, 1.54) is 12.1 Å². The highest BCUT2D eigenvalue weighted by molar-refractivity contribution is 5.72. The number of hydrogen-bond donors (Lipinski definition) is 2. The molecule has 5 nitrogen and oxygen atoms in total. The van der Waals surface area contributed by atoms with Gasteiger partial charge >= 0.3 is 0 Å². The predicted octanol–water partition coefficient (Wildman–Crippen LogP) is 3.46. The standard InChI is InChI=1S/C16H11FN4O/c17-14-8-11(22-10-4-2-1-3-5-10)6-7-12(14)15-13(9-18)16(19)21-20-15/h1-8H,(H3,19,20,21). The summed E-state index contributed by atoms with van der Waals surface area (Å²) in [5.74, 6) is 0.478. The summed E-state index contributed by atoms with van der Waals surface area (Å²) in [6, 6.07) is 15.3. The lowest BCUT2D eigenvalue weighted by Crippen LogP contribution is -1.91. The van der Waals surface area contributed by atoms with Gasteiger partial charge in [0.15, 0.2) is 5.82 Å². The summed E-state index contributed by atoms with van der Waals surface area (Å²) in [5.41, 5.74) is 6.14.